The number of piperidine rings is 1. The lowest BCUT2D eigenvalue weighted by atomic mass is 9.92. The number of ether oxygens (including phenoxy) is 2. The molecule has 2 aromatic carbocycles. The number of carbonyl (C=O) groups is 1. The fourth-order valence-corrected chi connectivity index (χ4v) is 3.74. The van der Waals surface area contributed by atoms with Gasteiger partial charge in [0.1, 0.15) is 11.5 Å². The molecule has 5 nitrogen and oxygen atoms in total. The van der Waals surface area contributed by atoms with Gasteiger partial charge in [0.05, 0.1) is 20.3 Å². The molecule has 0 unspecified atom stereocenters. The fourth-order valence-electron chi connectivity index (χ4n) is 3.74. The van der Waals surface area contributed by atoms with Crippen LogP contribution in [0.1, 0.15) is 42.9 Å². The highest BCUT2D eigenvalue weighted by atomic mass is 16.5. The summed E-state index contributed by atoms with van der Waals surface area (Å²) in [5.74, 6) is 2.26. The lowest BCUT2D eigenvalue weighted by Crippen LogP contribution is -2.31. The zero-order chi connectivity index (χ0) is 19.8. The Bertz CT molecular complexity index is 724. The number of hydrogen-bond donors (Lipinski definition) is 2. The topological polar surface area (TPSA) is 59.6 Å². The number of carbonyl (C=O) groups excluding carboxylic acids is 1. The van der Waals surface area contributed by atoms with Crippen LogP contribution in [-0.4, -0.2) is 33.2 Å². The van der Waals surface area contributed by atoms with Crippen molar-refractivity contribution in [2.75, 3.05) is 27.3 Å². The van der Waals surface area contributed by atoms with E-state index in [1.54, 1.807) is 14.2 Å². The molecule has 1 saturated heterocycles. The Kier molecular flexibility index (Phi) is 7.31. The van der Waals surface area contributed by atoms with Gasteiger partial charge in [0, 0.05) is 6.42 Å². The Balaban J connectivity index is 1.76. The van der Waals surface area contributed by atoms with Gasteiger partial charge in [-0.3, -0.25) is 4.79 Å². The van der Waals surface area contributed by atoms with E-state index in [1.165, 1.54) is 0 Å². The highest BCUT2D eigenvalue weighted by Gasteiger charge is 2.20. The molecule has 5 heteroatoms. The van der Waals surface area contributed by atoms with Crippen LogP contribution >= 0.6 is 0 Å². The summed E-state index contributed by atoms with van der Waals surface area (Å²) in [6, 6.07) is 15.4. The van der Waals surface area contributed by atoms with Crippen molar-refractivity contribution < 1.29 is 14.3 Å². The minimum atomic E-state index is -0.245. The normalized spacial score (nSPS) is 14.7. The van der Waals surface area contributed by atoms with Gasteiger partial charge in [-0.15, -0.1) is 0 Å². The molecule has 150 valence electrons. The van der Waals surface area contributed by atoms with Gasteiger partial charge in [0.15, 0.2) is 0 Å². The fraction of sp³-hybridized carbons (Fsp3) is 0.435. The molecule has 28 heavy (non-hydrogen) atoms. The lowest BCUT2D eigenvalue weighted by Gasteiger charge is -2.24. The van der Waals surface area contributed by atoms with Gasteiger partial charge in [0.2, 0.25) is 5.91 Å². The van der Waals surface area contributed by atoms with E-state index in [0.29, 0.717) is 12.3 Å². The zero-order valence-electron chi connectivity index (χ0n) is 16.7. The van der Waals surface area contributed by atoms with Crippen LogP contribution in [-0.2, 0) is 4.79 Å². The third-order valence-corrected chi connectivity index (χ3v) is 5.40. The van der Waals surface area contributed by atoms with Crippen molar-refractivity contribution in [1.82, 2.24) is 10.6 Å². The number of hydrogen-bond acceptors (Lipinski definition) is 4. The maximum absolute atomic E-state index is 12.8. The van der Waals surface area contributed by atoms with Gasteiger partial charge < -0.3 is 20.1 Å². The van der Waals surface area contributed by atoms with Gasteiger partial charge in [-0.1, -0.05) is 24.3 Å². The number of rotatable bonds is 8. The first kappa shape index (κ1) is 20.2. The number of nitrogens with one attached hydrogen (secondary N) is 2. The first-order valence-corrected chi connectivity index (χ1v) is 9.97. The van der Waals surface area contributed by atoms with Gasteiger partial charge in [-0.05, 0) is 73.7 Å². The summed E-state index contributed by atoms with van der Waals surface area (Å²) in [7, 11) is 3.30. The number of amides is 1. The third kappa shape index (κ3) is 5.49. The zero-order valence-corrected chi connectivity index (χ0v) is 16.7. The van der Waals surface area contributed by atoms with Crippen LogP contribution in [0.15, 0.2) is 48.5 Å². The highest BCUT2D eigenvalue weighted by Crippen LogP contribution is 2.28. The molecule has 1 aliphatic heterocycles. The molecular weight excluding hydrogens is 352 g/mol. The minimum absolute atomic E-state index is 0.0779. The van der Waals surface area contributed by atoms with Crippen LogP contribution in [0.25, 0.3) is 0 Å². The summed E-state index contributed by atoms with van der Waals surface area (Å²) >= 11 is 0. The molecule has 1 heterocycles. The van der Waals surface area contributed by atoms with Crippen molar-refractivity contribution in [3.8, 4) is 11.5 Å². The van der Waals surface area contributed by atoms with Crippen LogP contribution < -0.4 is 20.1 Å². The smallest absolute Gasteiger partial charge is 0.220 e. The van der Waals surface area contributed by atoms with Crippen molar-refractivity contribution in [1.29, 1.82) is 0 Å². The van der Waals surface area contributed by atoms with Crippen LogP contribution in [0.2, 0.25) is 0 Å². The Morgan fingerprint density at radius 3 is 2.14 bits per heavy atom. The molecule has 0 spiro atoms. The van der Waals surface area contributed by atoms with Gasteiger partial charge in [0.25, 0.3) is 0 Å². The second-order valence-electron chi connectivity index (χ2n) is 7.29. The van der Waals surface area contributed by atoms with E-state index in [1.807, 2.05) is 48.5 Å². The summed E-state index contributed by atoms with van der Waals surface area (Å²) in [6.07, 6.45) is 3.80. The predicted molar refractivity (Wildman–Crippen MR) is 111 cm³/mol. The van der Waals surface area contributed by atoms with E-state index in [4.69, 9.17) is 9.47 Å². The summed E-state index contributed by atoms with van der Waals surface area (Å²) in [5, 5.41) is 6.60. The summed E-state index contributed by atoms with van der Waals surface area (Å²) in [6.45, 7) is 2.12. The van der Waals surface area contributed by atoms with Gasteiger partial charge in [-0.2, -0.15) is 0 Å². The second-order valence-corrected chi connectivity index (χ2v) is 7.29. The molecule has 3 rings (SSSR count). The van der Waals surface area contributed by atoms with E-state index in [9.17, 15) is 4.79 Å². The van der Waals surface area contributed by atoms with E-state index in [2.05, 4.69) is 10.6 Å². The van der Waals surface area contributed by atoms with Crippen molar-refractivity contribution in [3.63, 3.8) is 0 Å². The lowest BCUT2D eigenvalue weighted by molar-refractivity contribution is -0.121. The van der Waals surface area contributed by atoms with E-state index in [-0.39, 0.29) is 11.9 Å². The molecule has 1 amide bonds. The monoisotopic (exact) mass is 382 g/mol. The maximum atomic E-state index is 12.8. The Morgan fingerprint density at radius 2 is 1.61 bits per heavy atom. The molecule has 1 fully saturated rings. The molecule has 2 N–H and O–H groups in total. The van der Waals surface area contributed by atoms with Crippen LogP contribution in [0.3, 0.4) is 0 Å². The molecule has 1 aliphatic rings. The van der Waals surface area contributed by atoms with Crippen molar-refractivity contribution in [3.05, 3.63) is 59.7 Å². The van der Waals surface area contributed by atoms with Crippen molar-refractivity contribution in [2.45, 2.75) is 31.7 Å². The predicted octanol–water partition coefficient (Wildman–Crippen LogP) is 3.69. The standard InChI is InChI=1S/C23H30N2O3/c1-27-20-7-3-5-18(15-20)23(19-6-4-8-21(16-19)28-2)25-22(26)10-9-17-11-13-24-14-12-17/h3-8,15-17,23-24H,9-14H2,1-2H3,(H,25,26). The van der Waals surface area contributed by atoms with Crippen molar-refractivity contribution in [2.24, 2.45) is 5.92 Å². The maximum Gasteiger partial charge on any atom is 0.220 e. The molecule has 0 atom stereocenters. The van der Waals surface area contributed by atoms with E-state index in [0.717, 1.165) is 55.0 Å². The average Bonchev–Trinajstić information content (AvgIpc) is 2.76. The molecule has 0 bridgehead atoms. The Labute approximate surface area is 167 Å². The summed E-state index contributed by atoms with van der Waals surface area (Å²) in [5.41, 5.74) is 1.98. The van der Waals surface area contributed by atoms with Crippen LogP contribution in [0, 0.1) is 5.92 Å². The minimum Gasteiger partial charge on any atom is -0.497 e. The first-order chi connectivity index (χ1) is 13.7. The van der Waals surface area contributed by atoms with Gasteiger partial charge >= 0.3 is 0 Å². The quantitative estimate of drug-likeness (QED) is 0.731. The highest BCUT2D eigenvalue weighted by molar-refractivity contribution is 5.77. The van der Waals surface area contributed by atoms with Crippen LogP contribution in [0.5, 0.6) is 11.5 Å². The molecular formula is C23H30N2O3. The van der Waals surface area contributed by atoms with Gasteiger partial charge in [-0.25, -0.2) is 0 Å². The molecule has 0 aliphatic carbocycles. The molecule has 0 radical (unpaired) electrons. The summed E-state index contributed by atoms with van der Waals surface area (Å²) < 4.78 is 10.7. The third-order valence-electron chi connectivity index (χ3n) is 5.40. The van der Waals surface area contributed by atoms with E-state index < -0.39 is 0 Å². The second kappa shape index (κ2) is 10.1. The Hall–Kier alpha value is -2.53. The first-order valence-electron chi connectivity index (χ1n) is 9.97. The largest absolute Gasteiger partial charge is 0.497 e. The van der Waals surface area contributed by atoms with Crippen LogP contribution in [0.4, 0.5) is 0 Å². The number of methoxy groups -OCH3 is 2. The molecule has 2 aromatic rings. The average molecular weight is 383 g/mol. The summed E-state index contributed by atoms with van der Waals surface area (Å²) in [4.78, 5) is 12.8. The van der Waals surface area contributed by atoms with E-state index >= 15 is 0 Å². The SMILES string of the molecule is COc1cccc(C(NC(=O)CCC2CCNCC2)c2cccc(OC)c2)c1. The molecule has 0 saturated carbocycles. The van der Waals surface area contributed by atoms with Crippen molar-refractivity contribution >= 4 is 5.91 Å². The molecule has 0 aromatic heterocycles. The number of benzene rings is 2. The Morgan fingerprint density at radius 1 is 1.04 bits per heavy atom.